The van der Waals surface area contributed by atoms with Crippen LogP contribution in [0.1, 0.15) is 329 Å². The van der Waals surface area contributed by atoms with Crippen LogP contribution < -0.4 is 0 Å². The Balaban J connectivity index is 4.43. The molecule has 6 nitrogen and oxygen atoms in total. The molecule has 0 saturated carbocycles. The molecule has 0 N–H and O–H groups in total. The summed E-state index contributed by atoms with van der Waals surface area (Å²) in [5, 5.41) is 0. The summed E-state index contributed by atoms with van der Waals surface area (Å²) in [7, 11) is 0. The molecule has 79 heavy (non-hydrogen) atoms. The molecule has 0 aliphatic heterocycles. The Bertz CT molecular complexity index is 1540. The number of rotatable bonds is 61. The first-order chi connectivity index (χ1) is 39.0. The monoisotopic (exact) mass is 1100 g/mol. The minimum absolute atomic E-state index is 0.0929. The van der Waals surface area contributed by atoms with Crippen molar-refractivity contribution in [2.24, 2.45) is 0 Å². The van der Waals surface area contributed by atoms with Gasteiger partial charge in [0.05, 0.1) is 0 Å². The van der Waals surface area contributed by atoms with Gasteiger partial charge in [0.2, 0.25) is 0 Å². The minimum atomic E-state index is -0.802. The molecule has 454 valence electrons. The van der Waals surface area contributed by atoms with Crippen LogP contribution in [0.5, 0.6) is 0 Å². The van der Waals surface area contributed by atoms with Crippen LogP contribution in [-0.2, 0) is 28.6 Å². The van der Waals surface area contributed by atoms with Crippen LogP contribution in [-0.4, -0.2) is 37.2 Å². The number of allylic oxidation sites excluding steroid dienone is 16. The summed E-state index contributed by atoms with van der Waals surface area (Å²) in [4.78, 5) is 38.4. The van der Waals surface area contributed by atoms with Crippen molar-refractivity contribution in [1.29, 1.82) is 0 Å². The fourth-order valence-corrected chi connectivity index (χ4v) is 9.55. The highest BCUT2D eigenvalue weighted by Gasteiger charge is 2.19. The third-order valence-electron chi connectivity index (χ3n) is 14.6. The SMILES string of the molecule is CC/C=C\C/C=C\C/C=C\C/C=C\C/C=C\C/C=C\C/C=C\CCCC(=O)OCC(COC(=O)CCCCCCCCCCCCCCCCC)OC(=O)CCCCCCCCCCCCC/C=C\CCCCCCCCCC. The van der Waals surface area contributed by atoms with Crippen LogP contribution >= 0.6 is 0 Å². The normalized spacial score (nSPS) is 12.7. The lowest BCUT2D eigenvalue weighted by Gasteiger charge is -2.18. The van der Waals surface area contributed by atoms with Gasteiger partial charge in [-0.15, -0.1) is 0 Å². The molecular weight excluding hydrogens is 973 g/mol. The number of carbonyl (C=O) groups excluding carboxylic acids is 3. The fourth-order valence-electron chi connectivity index (χ4n) is 9.55. The standard InChI is InChI=1S/C73H126O6/c1-4-7-10-13-16-19-22-25-28-30-32-34-36-38-40-42-45-48-51-54-57-60-63-66-72(75)78-69-70(68-77-71(74)65-62-59-56-53-50-47-44-27-24-21-18-15-12-9-6-3)79-73(76)67-64-61-58-55-52-49-46-43-41-39-37-35-33-31-29-26-23-20-17-14-11-8-5-2/h7,10,16,19,25,28,31-34,38,40,45,48,54,57,70H,4-6,8-9,11-15,17-18,20-24,26-27,29-30,35-37,39,41-44,46-47,49-53,55-56,58-69H2,1-3H3/b10-7-,19-16-,28-25-,33-31-,34-32-,40-38-,48-45-,57-54-. The maximum absolute atomic E-state index is 12.9. The Morgan fingerprint density at radius 1 is 0.266 bits per heavy atom. The molecule has 6 heteroatoms. The molecule has 0 heterocycles. The van der Waals surface area contributed by atoms with Gasteiger partial charge in [0, 0.05) is 19.3 Å². The van der Waals surface area contributed by atoms with Crippen molar-refractivity contribution >= 4 is 17.9 Å². The molecule has 0 rings (SSSR count). The first kappa shape index (κ1) is 75.3. The highest BCUT2D eigenvalue weighted by atomic mass is 16.6. The fraction of sp³-hybridized carbons (Fsp3) is 0.740. The zero-order valence-electron chi connectivity index (χ0n) is 52.1. The molecule has 0 fully saturated rings. The molecule has 0 aromatic carbocycles. The molecule has 0 aromatic rings. The lowest BCUT2D eigenvalue weighted by atomic mass is 10.0. The van der Waals surface area contributed by atoms with Gasteiger partial charge >= 0.3 is 17.9 Å². The maximum atomic E-state index is 12.9. The number of hydrogen-bond acceptors (Lipinski definition) is 6. The molecule has 0 aliphatic rings. The average molecular weight is 1100 g/mol. The molecule has 0 spiro atoms. The van der Waals surface area contributed by atoms with E-state index in [1.807, 2.05) is 0 Å². The second-order valence-corrected chi connectivity index (χ2v) is 22.4. The zero-order valence-corrected chi connectivity index (χ0v) is 52.1. The number of unbranched alkanes of at least 4 members (excludes halogenated alkanes) is 34. The predicted octanol–water partition coefficient (Wildman–Crippen LogP) is 23.2. The van der Waals surface area contributed by atoms with E-state index >= 15 is 0 Å². The van der Waals surface area contributed by atoms with E-state index in [9.17, 15) is 14.4 Å². The first-order valence-corrected chi connectivity index (χ1v) is 33.7. The molecular formula is C73H126O6. The lowest BCUT2D eigenvalue weighted by Crippen LogP contribution is -2.30. The summed E-state index contributed by atoms with van der Waals surface area (Å²) in [6, 6.07) is 0. The van der Waals surface area contributed by atoms with E-state index in [0.29, 0.717) is 19.3 Å². The topological polar surface area (TPSA) is 78.9 Å². The third-order valence-corrected chi connectivity index (χ3v) is 14.6. The molecule has 0 radical (unpaired) electrons. The predicted molar refractivity (Wildman–Crippen MR) is 344 cm³/mol. The second-order valence-electron chi connectivity index (χ2n) is 22.4. The lowest BCUT2D eigenvalue weighted by molar-refractivity contribution is -0.167. The Labute approximate surface area is 489 Å². The van der Waals surface area contributed by atoms with Gasteiger partial charge in [-0.05, 0) is 96.3 Å². The number of hydrogen-bond donors (Lipinski definition) is 0. The van der Waals surface area contributed by atoms with Crippen LogP contribution in [0.4, 0.5) is 0 Å². The van der Waals surface area contributed by atoms with Crippen LogP contribution in [0.15, 0.2) is 97.2 Å². The van der Waals surface area contributed by atoms with Crippen LogP contribution in [0.25, 0.3) is 0 Å². The summed E-state index contributed by atoms with van der Waals surface area (Å²) in [5.74, 6) is -0.941. The summed E-state index contributed by atoms with van der Waals surface area (Å²) in [6.07, 6.45) is 90.0. The Hall–Kier alpha value is -3.67. The highest BCUT2D eigenvalue weighted by Crippen LogP contribution is 2.17. The quantitative estimate of drug-likeness (QED) is 0.0261. The van der Waals surface area contributed by atoms with Gasteiger partial charge in [-0.2, -0.15) is 0 Å². The maximum Gasteiger partial charge on any atom is 0.306 e. The van der Waals surface area contributed by atoms with Crippen molar-refractivity contribution in [3.8, 4) is 0 Å². The van der Waals surface area contributed by atoms with Gasteiger partial charge in [-0.3, -0.25) is 14.4 Å². The van der Waals surface area contributed by atoms with Gasteiger partial charge in [-0.25, -0.2) is 0 Å². The molecule has 0 bridgehead atoms. The van der Waals surface area contributed by atoms with Gasteiger partial charge in [0.15, 0.2) is 6.10 Å². The zero-order chi connectivity index (χ0) is 57.1. The molecule has 0 aliphatic carbocycles. The van der Waals surface area contributed by atoms with E-state index in [1.54, 1.807) is 0 Å². The van der Waals surface area contributed by atoms with Crippen molar-refractivity contribution in [2.75, 3.05) is 13.2 Å². The van der Waals surface area contributed by atoms with E-state index in [4.69, 9.17) is 14.2 Å². The molecule has 0 aromatic heterocycles. The second kappa shape index (κ2) is 66.8. The van der Waals surface area contributed by atoms with E-state index < -0.39 is 6.10 Å². The Morgan fingerprint density at radius 2 is 0.506 bits per heavy atom. The van der Waals surface area contributed by atoms with E-state index in [2.05, 4.69) is 118 Å². The van der Waals surface area contributed by atoms with Crippen LogP contribution in [0.3, 0.4) is 0 Å². The smallest absolute Gasteiger partial charge is 0.306 e. The van der Waals surface area contributed by atoms with Gasteiger partial charge in [0.1, 0.15) is 13.2 Å². The first-order valence-electron chi connectivity index (χ1n) is 33.7. The van der Waals surface area contributed by atoms with Gasteiger partial charge < -0.3 is 14.2 Å². The average Bonchev–Trinajstić information content (AvgIpc) is 3.45. The molecule has 1 atom stereocenters. The van der Waals surface area contributed by atoms with Crippen molar-refractivity contribution in [3.05, 3.63) is 97.2 Å². The molecule has 1 unspecified atom stereocenters. The summed E-state index contributed by atoms with van der Waals surface area (Å²) >= 11 is 0. The van der Waals surface area contributed by atoms with Gasteiger partial charge in [-0.1, -0.05) is 311 Å². The van der Waals surface area contributed by atoms with E-state index in [1.165, 1.54) is 193 Å². The summed E-state index contributed by atoms with van der Waals surface area (Å²) in [6.45, 7) is 6.52. The van der Waals surface area contributed by atoms with E-state index in [0.717, 1.165) is 89.9 Å². The van der Waals surface area contributed by atoms with Crippen molar-refractivity contribution in [1.82, 2.24) is 0 Å². The Kier molecular flexibility index (Phi) is 63.7. The largest absolute Gasteiger partial charge is 0.462 e. The minimum Gasteiger partial charge on any atom is -0.462 e. The van der Waals surface area contributed by atoms with E-state index in [-0.39, 0.29) is 37.5 Å². The van der Waals surface area contributed by atoms with Crippen LogP contribution in [0.2, 0.25) is 0 Å². The summed E-state index contributed by atoms with van der Waals surface area (Å²) in [5.41, 5.74) is 0. The third kappa shape index (κ3) is 65.0. The molecule has 0 amide bonds. The van der Waals surface area contributed by atoms with Crippen molar-refractivity contribution in [3.63, 3.8) is 0 Å². The number of ether oxygens (including phenoxy) is 3. The Morgan fingerprint density at radius 3 is 0.835 bits per heavy atom. The number of carbonyl (C=O) groups is 3. The highest BCUT2D eigenvalue weighted by molar-refractivity contribution is 5.71. The van der Waals surface area contributed by atoms with Gasteiger partial charge in [0.25, 0.3) is 0 Å². The van der Waals surface area contributed by atoms with Crippen LogP contribution in [0, 0.1) is 0 Å². The van der Waals surface area contributed by atoms with Crippen molar-refractivity contribution < 1.29 is 28.6 Å². The molecule has 0 saturated heterocycles. The summed E-state index contributed by atoms with van der Waals surface area (Å²) < 4.78 is 16.9. The van der Waals surface area contributed by atoms with Crippen molar-refractivity contribution in [2.45, 2.75) is 335 Å². The number of esters is 3.